The molecule has 0 atom stereocenters. The number of aryl methyl sites for hydroxylation is 2. The number of amides is 1. The molecule has 4 rings (SSSR count). The molecule has 3 aromatic rings. The van der Waals surface area contributed by atoms with E-state index in [1.54, 1.807) is 0 Å². The molecule has 1 saturated heterocycles. The van der Waals surface area contributed by atoms with E-state index in [0.717, 1.165) is 58.7 Å². The molecule has 0 unspecified atom stereocenters. The summed E-state index contributed by atoms with van der Waals surface area (Å²) in [5, 5.41) is 12.0. The molecule has 0 saturated carbocycles. The fourth-order valence-electron chi connectivity index (χ4n) is 3.87. The maximum atomic E-state index is 12.7. The van der Waals surface area contributed by atoms with Crippen LogP contribution in [0.4, 0.5) is 11.5 Å². The highest BCUT2D eigenvalue weighted by atomic mass is 79.9. The van der Waals surface area contributed by atoms with Crippen molar-refractivity contribution in [2.45, 2.75) is 26.7 Å². The lowest BCUT2D eigenvalue weighted by Gasteiger charge is -2.32. The lowest BCUT2D eigenvalue weighted by Crippen LogP contribution is -2.38. The molecule has 0 aliphatic carbocycles. The van der Waals surface area contributed by atoms with Gasteiger partial charge in [-0.1, -0.05) is 40.2 Å². The van der Waals surface area contributed by atoms with Crippen LogP contribution in [0.15, 0.2) is 59.1 Å². The van der Waals surface area contributed by atoms with E-state index in [4.69, 9.17) is 0 Å². The minimum Gasteiger partial charge on any atom is -0.355 e. The highest BCUT2D eigenvalue weighted by Gasteiger charge is 2.26. The smallest absolute Gasteiger partial charge is 0.227 e. The van der Waals surface area contributed by atoms with Crippen LogP contribution in [0.25, 0.3) is 11.3 Å². The number of anilines is 2. The summed E-state index contributed by atoms with van der Waals surface area (Å²) < 4.78 is 1.01. The van der Waals surface area contributed by atoms with E-state index >= 15 is 0 Å². The third-order valence-electron chi connectivity index (χ3n) is 5.71. The molecule has 0 radical (unpaired) electrons. The van der Waals surface area contributed by atoms with Crippen molar-refractivity contribution < 1.29 is 4.79 Å². The molecule has 1 N–H and O–H groups in total. The van der Waals surface area contributed by atoms with Gasteiger partial charge in [-0.2, -0.15) is 0 Å². The molecule has 1 fully saturated rings. The third-order valence-corrected chi connectivity index (χ3v) is 6.20. The minimum absolute atomic E-state index is 0.0171. The third kappa shape index (κ3) is 4.54. The number of hydrogen-bond acceptors (Lipinski definition) is 4. The molecule has 5 nitrogen and oxygen atoms in total. The Labute approximate surface area is 185 Å². The van der Waals surface area contributed by atoms with Gasteiger partial charge in [0.15, 0.2) is 5.82 Å². The maximum Gasteiger partial charge on any atom is 0.227 e. The summed E-state index contributed by atoms with van der Waals surface area (Å²) in [5.41, 5.74) is 5.11. The van der Waals surface area contributed by atoms with Gasteiger partial charge in [-0.15, -0.1) is 10.2 Å². The first-order chi connectivity index (χ1) is 14.5. The van der Waals surface area contributed by atoms with Crippen LogP contribution in [0.5, 0.6) is 0 Å². The van der Waals surface area contributed by atoms with Crippen LogP contribution in [0.2, 0.25) is 0 Å². The molecular weight excluding hydrogens is 440 g/mol. The minimum atomic E-state index is 0.0171. The summed E-state index contributed by atoms with van der Waals surface area (Å²) in [6.07, 6.45) is 1.62. The number of carbonyl (C=O) groups excluding carboxylic acids is 1. The van der Waals surface area contributed by atoms with Crippen molar-refractivity contribution in [1.82, 2.24) is 10.2 Å². The number of halogens is 1. The number of hydrogen-bond donors (Lipinski definition) is 1. The predicted molar refractivity (Wildman–Crippen MR) is 125 cm³/mol. The van der Waals surface area contributed by atoms with Crippen molar-refractivity contribution in [2.24, 2.45) is 5.92 Å². The predicted octanol–water partition coefficient (Wildman–Crippen LogP) is 5.38. The van der Waals surface area contributed by atoms with E-state index in [0.29, 0.717) is 0 Å². The number of benzene rings is 2. The molecule has 0 spiro atoms. The van der Waals surface area contributed by atoms with Gasteiger partial charge in [0.2, 0.25) is 5.91 Å². The van der Waals surface area contributed by atoms with Gasteiger partial charge in [0.1, 0.15) is 0 Å². The molecule has 1 aliphatic rings. The SMILES string of the molecule is Cc1cc(Br)ccc1NC(=O)C1CCN(c2ccc(-c3ccccc3C)nn2)CC1. The van der Waals surface area contributed by atoms with Crippen LogP contribution in [-0.4, -0.2) is 29.2 Å². The zero-order chi connectivity index (χ0) is 21.1. The van der Waals surface area contributed by atoms with E-state index < -0.39 is 0 Å². The maximum absolute atomic E-state index is 12.7. The number of piperidine rings is 1. The Morgan fingerprint density at radius 2 is 1.77 bits per heavy atom. The van der Waals surface area contributed by atoms with Gasteiger partial charge in [0.05, 0.1) is 5.69 Å². The number of rotatable bonds is 4. The number of carbonyl (C=O) groups is 1. The number of nitrogens with one attached hydrogen (secondary N) is 1. The zero-order valence-corrected chi connectivity index (χ0v) is 18.8. The van der Waals surface area contributed by atoms with E-state index in [-0.39, 0.29) is 11.8 Å². The second-order valence-electron chi connectivity index (χ2n) is 7.80. The van der Waals surface area contributed by atoms with Gasteiger partial charge in [-0.3, -0.25) is 4.79 Å². The van der Waals surface area contributed by atoms with Crippen LogP contribution >= 0.6 is 15.9 Å². The first-order valence-corrected chi connectivity index (χ1v) is 11.0. The van der Waals surface area contributed by atoms with Crippen molar-refractivity contribution in [3.63, 3.8) is 0 Å². The Hall–Kier alpha value is -2.73. The Morgan fingerprint density at radius 3 is 2.43 bits per heavy atom. The Bertz CT molecular complexity index is 1040. The molecule has 154 valence electrons. The summed E-state index contributed by atoms with van der Waals surface area (Å²) >= 11 is 3.46. The molecule has 1 amide bonds. The first kappa shape index (κ1) is 20.5. The molecule has 1 aliphatic heterocycles. The Balaban J connectivity index is 1.36. The quantitative estimate of drug-likeness (QED) is 0.562. The van der Waals surface area contributed by atoms with E-state index in [2.05, 4.69) is 55.4 Å². The zero-order valence-electron chi connectivity index (χ0n) is 17.2. The van der Waals surface area contributed by atoms with Crippen molar-refractivity contribution in [2.75, 3.05) is 23.3 Å². The summed E-state index contributed by atoms with van der Waals surface area (Å²) in [5.74, 6) is 0.986. The van der Waals surface area contributed by atoms with Crippen LogP contribution < -0.4 is 10.2 Å². The van der Waals surface area contributed by atoms with E-state index in [9.17, 15) is 4.79 Å². The summed E-state index contributed by atoms with van der Waals surface area (Å²) in [6.45, 7) is 5.68. The highest BCUT2D eigenvalue weighted by molar-refractivity contribution is 9.10. The fraction of sp³-hybridized carbons (Fsp3) is 0.292. The standard InChI is InChI=1S/C24H25BrN4O/c1-16-5-3-4-6-20(16)22-9-10-23(28-27-22)29-13-11-18(12-14-29)24(30)26-21-8-7-19(25)15-17(21)2/h3-10,15,18H,11-14H2,1-2H3,(H,26,30). The molecule has 2 aromatic carbocycles. The monoisotopic (exact) mass is 464 g/mol. The van der Waals surface area contributed by atoms with Gasteiger partial charge in [-0.05, 0) is 68.1 Å². The highest BCUT2D eigenvalue weighted by Crippen LogP contribution is 2.26. The van der Waals surface area contributed by atoms with Gasteiger partial charge in [0, 0.05) is 34.7 Å². The van der Waals surface area contributed by atoms with Crippen molar-refractivity contribution >= 4 is 33.3 Å². The summed E-state index contributed by atoms with van der Waals surface area (Å²) in [7, 11) is 0. The molecule has 30 heavy (non-hydrogen) atoms. The van der Waals surface area contributed by atoms with Crippen molar-refractivity contribution in [3.05, 3.63) is 70.2 Å². The lowest BCUT2D eigenvalue weighted by atomic mass is 9.95. The van der Waals surface area contributed by atoms with Crippen LogP contribution in [0.3, 0.4) is 0 Å². The first-order valence-electron chi connectivity index (χ1n) is 10.2. The molecule has 1 aromatic heterocycles. The second kappa shape index (κ2) is 8.96. The molecule has 2 heterocycles. The van der Waals surface area contributed by atoms with Gasteiger partial charge >= 0.3 is 0 Å². The lowest BCUT2D eigenvalue weighted by molar-refractivity contribution is -0.120. The van der Waals surface area contributed by atoms with Crippen molar-refractivity contribution in [1.29, 1.82) is 0 Å². The van der Waals surface area contributed by atoms with E-state index in [1.807, 2.05) is 49.4 Å². The van der Waals surface area contributed by atoms with Crippen LogP contribution in [0, 0.1) is 19.8 Å². The topological polar surface area (TPSA) is 58.1 Å². The molecular formula is C24H25BrN4O. The van der Waals surface area contributed by atoms with Crippen molar-refractivity contribution in [3.8, 4) is 11.3 Å². The van der Waals surface area contributed by atoms with Gasteiger partial charge in [0.25, 0.3) is 0 Å². The van der Waals surface area contributed by atoms with Crippen LogP contribution in [0.1, 0.15) is 24.0 Å². The molecule has 6 heteroatoms. The largest absolute Gasteiger partial charge is 0.355 e. The van der Waals surface area contributed by atoms with E-state index in [1.165, 1.54) is 5.56 Å². The summed E-state index contributed by atoms with van der Waals surface area (Å²) in [4.78, 5) is 14.9. The Kier molecular flexibility index (Phi) is 6.13. The average molecular weight is 465 g/mol. The summed E-state index contributed by atoms with van der Waals surface area (Å²) in [6, 6.07) is 18.1. The van der Waals surface area contributed by atoms with Crippen LogP contribution in [-0.2, 0) is 4.79 Å². The Morgan fingerprint density at radius 1 is 1.00 bits per heavy atom. The average Bonchev–Trinajstić information content (AvgIpc) is 2.76. The fourth-order valence-corrected chi connectivity index (χ4v) is 4.35. The number of aromatic nitrogens is 2. The normalized spacial score (nSPS) is 14.6. The second-order valence-corrected chi connectivity index (χ2v) is 8.72. The van der Waals surface area contributed by atoms with Gasteiger partial charge in [-0.25, -0.2) is 0 Å². The molecule has 0 bridgehead atoms. The van der Waals surface area contributed by atoms with Gasteiger partial charge < -0.3 is 10.2 Å². The number of nitrogens with zero attached hydrogens (tertiary/aromatic N) is 3.